The number of hydrogen-bond acceptors (Lipinski definition) is 2. The van der Waals surface area contributed by atoms with Crippen molar-refractivity contribution in [3.8, 4) is 55.6 Å². The second kappa shape index (κ2) is 13.7. The fourth-order valence-corrected chi connectivity index (χ4v) is 8.01. The average Bonchev–Trinajstić information content (AvgIpc) is 3.44. The van der Waals surface area contributed by atoms with Crippen LogP contribution in [0.2, 0.25) is 0 Å². The van der Waals surface area contributed by atoms with Crippen LogP contribution < -0.4 is 10.6 Å². The summed E-state index contributed by atoms with van der Waals surface area (Å²) in [5.41, 5.74) is 20.4. The van der Waals surface area contributed by atoms with Gasteiger partial charge in [-0.3, -0.25) is 0 Å². The second-order valence-electron chi connectivity index (χ2n) is 14.9. The van der Waals surface area contributed by atoms with E-state index in [0.717, 1.165) is 28.3 Å². The van der Waals surface area contributed by atoms with Crippen molar-refractivity contribution >= 4 is 22.7 Å². The number of para-hydroxylation sites is 2. The average molecular weight is 695 g/mol. The standard InChI is InChI=1S/C52H42N2/c1-35-22-24-36(25-23-35)37-26-28-42(29-27-37)53-50-20-8-5-16-44(50)40-14-10-12-38(32-40)39-13-11-15-41(33-39)45-17-6-9-21-51(45)54-43-30-31-47-46-18-4-7-19-48(46)52(2,3)49(47)34-43/h4-34,53-54H,1-3H3. The minimum Gasteiger partial charge on any atom is -0.355 e. The molecule has 0 atom stereocenters. The largest absolute Gasteiger partial charge is 0.355 e. The Hall–Kier alpha value is -6.64. The summed E-state index contributed by atoms with van der Waals surface area (Å²) in [5.74, 6) is 0. The van der Waals surface area contributed by atoms with Crippen LogP contribution in [0.4, 0.5) is 22.7 Å². The normalized spacial score (nSPS) is 12.5. The molecule has 8 aromatic rings. The van der Waals surface area contributed by atoms with Crippen molar-refractivity contribution in [3.05, 3.63) is 205 Å². The molecule has 0 spiro atoms. The molecule has 0 unspecified atom stereocenters. The molecule has 0 heterocycles. The van der Waals surface area contributed by atoms with Gasteiger partial charge in [-0.2, -0.15) is 0 Å². The fraction of sp³-hybridized carbons (Fsp3) is 0.0769. The predicted molar refractivity (Wildman–Crippen MR) is 230 cm³/mol. The lowest BCUT2D eigenvalue weighted by molar-refractivity contribution is 0.660. The first kappa shape index (κ1) is 33.2. The van der Waals surface area contributed by atoms with Gasteiger partial charge in [0.2, 0.25) is 0 Å². The molecule has 0 bridgehead atoms. The van der Waals surface area contributed by atoms with Crippen molar-refractivity contribution in [2.45, 2.75) is 26.2 Å². The van der Waals surface area contributed by atoms with Crippen LogP contribution in [-0.2, 0) is 5.41 Å². The molecule has 1 aliphatic rings. The summed E-state index contributed by atoms with van der Waals surface area (Å²) < 4.78 is 0. The van der Waals surface area contributed by atoms with E-state index in [1.165, 1.54) is 66.8 Å². The van der Waals surface area contributed by atoms with Gasteiger partial charge >= 0.3 is 0 Å². The molecule has 0 amide bonds. The van der Waals surface area contributed by atoms with E-state index in [9.17, 15) is 0 Å². The Kier molecular flexibility index (Phi) is 8.44. The molecule has 2 heteroatoms. The highest BCUT2D eigenvalue weighted by atomic mass is 14.9. The van der Waals surface area contributed by atoms with Gasteiger partial charge in [-0.25, -0.2) is 0 Å². The minimum absolute atomic E-state index is 0.0455. The van der Waals surface area contributed by atoms with Crippen LogP contribution in [0.15, 0.2) is 188 Å². The van der Waals surface area contributed by atoms with Crippen molar-refractivity contribution in [2.24, 2.45) is 0 Å². The third kappa shape index (κ3) is 6.27. The van der Waals surface area contributed by atoms with E-state index < -0.39 is 0 Å². The first-order valence-electron chi connectivity index (χ1n) is 18.8. The Labute approximate surface area is 318 Å². The van der Waals surface area contributed by atoms with Gasteiger partial charge < -0.3 is 10.6 Å². The van der Waals surface area contributed by atoms with Gasteiger partial charge in [-0.1, -0.05) is 159 Å². The topological polar surface area (TPSA) is 24.1 Å². The summed E-state index contributed by atoms with van der Waals surface area (Å²) in [5, 5.41) is 7.48. The molecule has 0 saturated carbocycles. The summed E-state index contributed by atoms with van der Waals surface area (Å²) >= 11 is 0. The summed E-state index contributed by atoms with van der Waals surface area (Å²) in [4.78, 5) is 0. The number of fused-ring (bicyclic) bond motifs is 3. The van der Waals surface area contributed by atoms with Crippen LogP contribution in [-0.4, -0.2) is 0 Å². The zero-order valence-corrected chi connectivity index (χ0v) is 30.9. The van der Waals surface area contributed by atoms with E-state index in [4.69, 9.17) is 0 Å². The van der Waals surface area contributed by atoms with Gasteiger partial charge in [0.05, 0.1) is 0 Å². The van der Waals surface area contributed by atoms with E-state index in [1.807, 2.05) is 0 Å². The number of nitrogens with one attached hydrogen (secondary N) is 2. The highest BCUT2D eigenvalue weighted by Crippen LogP contribution is 2.49. The van der Waals surface area contributed by atoms with Gasteiger partial charge in [-0.15, -0.1) is 0 Å². The maximum absolute atomic E-state index is 3.79. The highest BCUT2D eigenvalue weighted by Gasteiger charge is 2.35. The minimum atomic E-state index is -0.0455. The SMILES string of the molecule is Cc1ccc(-c2ccc(Nc3ccccc3-c3cccc(-c4cccc(-c5ccccc5Nc5ccc6c(c5)C(C)(C)c5ccccc5-6)c4)c3)cc2)cc1. The van der Waals surface area contributed by atoms with E-state index >= 15 is 0 Å². The van der Waals surface area contributed by atoms with Crippen LogP contribution in [0.3, 0.4) is 0 Å². The van der Waals surface area contributed by atoms with E-state index in [2.05, 4.69) is 219 Å². The van der Waals surface area contributed by atoms with Crippen LogP contribution in [0.25, 0.3) is 55.6 Å². The van der Waals surface area contributed by atoms with E-state index in [0.29, 0.717) is 0 Å². The predicted octanol–water partition coefficient (Wildman–Crippen LogP) is 14.5. The lowest BCUT2D eigenvalue weighted by Gasteiger charge is -2.22. The number of benzene rings is 8. The zero-order chi connectivity index (χ0) is 36.6. The first-order chi connectivity index (χ1) is 26.4. The maximum Gasteiger partial charge on any atom is 0.0463 e. The summed E-state index contributed by atoms with van der Waals surface area (Å²) in [6.45, 7) is 6.78. The van der Waals surface area contributed by atoms with Crippen molar-refractivity contribution in [1.82, 2.24) is 0 Å². The van der Waals surface area contributed by atoms with Gasteiger partial charge in [0.25, 0.3) is 0 Å². The number of anilines is 4. The van der Waals surface area contributed by atoms with Gasteiger partial charge in [0.1, 0.15) is 0 Å². The molecule has 1 aliphatic carbocycles. The van der Waals surface area contributed by atoms with Gasteiger partial charge in [-0.05, 0) is 111 Å². The molecule has 2 nitrogen and oxygen atoms in total. The van der Waals surface area contributed by atoms with Crippen molar-refractivity contribution in [3.63, 3.8) is 0 Å². The van der Waals surface area contributed by atoms with E-state index in [1.54, 1.807) is 0 Å². The Morgan fingerprint density at radius 1 is 0.333 bits per heavy atom. The highest BCUT2D eigenvalue weighted by molar-refractivity contribution is 5.88. The van der Waals surface area contributed by atoms with E-state index in [-0.39, 0.29) is 5.41 Å². The molecular formula is C52H42N2. The number of rotatable bonds is 8. The molecular weight excluding hydrogens is 653 g/mol. The van der Waals surface area contributed by atoms with Crippen LogP contribution in [0.1, 0.15) is 30.5 Å². The zero-order valence-electron chi connectivity index (χ0n) is 30.9. The summed E-state index contributed by atoms with van der Waals surface area (Å²) in [7, 11) is 0. The van der Waals surface area contributed by atoms with Crippen molar-refractivity contribution in [1.29, 1.82) is 0 Å². The summed E-state index contributed by atoms with van der Waals surface area (Å²) in [6.07, 6.45) is 0. The second-order valence-corrected chi connectivity index (χ2v) is 14.9. The number of hydrogen-bond donors (Lipinski definition) is 2. The first-order valence-corrected chi connectivity index (χ1v) is 18.8. The molecule has 8 aromatic carbocycles. The molecule has 0 aliphatic heterocycles. The maximum atomic E-state index is 3.79. The Morgan fingerprint density at radius 2 is 0.796 bits per heavy atom. The van der Waals surface area contributed by atoms with Crippen molar-refractivity contribution < 1.29 is 0 Å². The molecule has 0 aromatic heterocycles. The molecule has 260 valence electrons. The lowest BCUT2D eigenvalue weighted by atomic mass is 9.82. The number of aryl methyl sites for hydroxylation is 1. The summed E-state index contributed by atoms with van der Waals surface area (Å²) in [6, 6.07) is 67.9. The van der Waals surface area contributed by atoms with Crippen molar-refractivity contribution in [2.75, 3.05) is 10.6 Å². The lowest BCUT2D eigenvalue weighted by Crippen LogP contribution is -2.15. The third-order valence-electron chi connectivity index (χ3n) is 10.9. The quantitative estimate of drug-likeness (QED) is 0.165. The van der Waals surface area contributed by atoms with Crippen LogP contribution >= 0.6 is 0 Å². The Balaban J connectivity index is 0.980. The molecule has 54 heavy (non-hydrogen) atoms. The van der Waals surface area contributed by atoms with Gasteiger partial charge in [0, 0.05) is 39.3 Å². The monoisotopic (exact) mass is 694 g/mol. The molecule has 0 saturated heterocycles. The smallest absolute Gasteiger partial charge is 0.0463 e. The molecule has 0 fully saturated rings. The Bertz CT molecular complexity index is 2630. The Morgan fingerprint density at radius 3 is 1.41 bits per heavy atom. The molecule has 2 N–H and O–H groups in total. The van der Waals surface area contributed by atoms with Gasteiger partial charge in [0.15, 0.2) is 0 Å². The molecule has 9 rings (SSSR count). The van der Waals surface area contributed by atoms with Crippen LogP contribution in [0.5, 0.6) is 0 Å². The molecule has 0 radical (unpaired) electrons. The third-order valence-corrected chi connectivity index (χ3v) is 10.9. The van der Waals surface area contributed by atoms with Crippen LogP contribution in [0, 0.1) is 6.92 Å². The fourth-order valence-electron chi connectivity index (χ4n) is 8.01.